The van der Waals surface area contributed by atoms with E-state index in [0.29, 0.717) is 13.0 Å². The fourth-order valence-electron chi connectivity index (χ4n) is 1.77. The zero-order valence-electron chi connectivity index (χ0n) is 13.5. The zero-order valence-corrected chi connectivity index (χ0v) is 13.5. The molecular formula is C14H26N2O5. The van der Waals surface area contributed by atoms with Crippen LogP contribution in [-0.2, 0) is 14.3 Å². The summed E-state index contributed by atoms with van der Waals surface area (Å²) >= 11 is 0. The molecule has 21 heavy (non-hydrogen) atoms. The molecule has 122 valence electrons. The van der Waals surface area contributed by atoms with Crippen LogP contribution in [0.25, 0.3) is 0 Å². The number of esters is 1. The molecule has 0 aliphatic carbocycles. The molecule has 2 amide bonds. The third-order valence-electron chi connectivity index (χ3n) is 2.72. The second kappa shape index (κ2) is 8.49. The van der Waals surface area contributed by atoms with Gasteiger partial charge in [-0.05, 0) is 34.1 Å². The Kier molecular flexibility index (Phi) is 7.76. The van der Waals surface area contributed by atoms with Crippen LogP contribution in [0.15, 0.2) is 0 Å². The van der Waals surface area contributed by atoms with Gasteiger partial charge in [0.15, 0.2) is 0 Å². The lowest BCUT2D eigenvalue weighted by molar-refractivity contribution is -0.144. The van der Waals surface area contributed by atoms with Crippen molar-refractivity contribution in [3.8, 4) is 0 Å². The quantitative estimate of drug-likeness (QED) is 0.721. The summed E-state index contributed by atoms with van der Waals surface area (Å²) in [6.07, 6.45) is 0.663. The number of aliphatic carboxylic acids is 1. The number of rotatable bonds is 7. The van der Waals surface area contributed by atoms with Crippen molar-refractivity contribution in [1.29, 1.82) is 0 Å². The number of carboxylic acid groups (broad SMARTS) is 1. The SMILES string of the molecule is CCCN(CC(=O)OCC)C(=O)N(CC(=O)O)C(C)(C)C. The molecule has 7 nitrogen and oxygen atoms in total. The summed E-state index contributed by atoms with van der Waals surface area (Å²) in [5.41, 5.74) is -0.657. The Morgan fingerprint density at radius 1 is 1.10 bits per heavy atom. The third kappa shape index (κ3) is 6.97. The van der Waals surface area contributed by atoms with E-state index in [0.717, 1.165) is 0 Å². The maximum Gasteiger partial charge on any atom is 0.325 e. The Morgan fingerprint density at radius 3 is 2.05 bits per heavy atom. The van der Waals surface area contributed by atoms with Crippen molar-refractivity contribution >= 4 is 18.0 Å². The highest BCUT2D eigenvalue weighted by Crippen LogP contribution is 2.16. The summed E-state index contributed by atoms with van der Waals surface area (Å²) in [4.78, 5) is 37.6. The van der Waals surface area contributed by atoms with E-state index in [1.807, 2.05) is 6.92 Å². The van der Waals surface area contributed by atoms with Crippen LogP contribution < -0.4 is 0 Å². The van der Waals surface area contributed by atoms with E-state index in [-0.39, 0.29) is 13.2 Å². The predicted molar refractivity (Wildman–Crippen MR) is 78.0 cm³/mol. The van der Waals surface area contributed by atoms with Gasteiger partial charge in [-0.2, -0.15) is 0 Å². The van der Waals surface area contributed by atoms with Gasteiger partial charge in [-0.15, -0.1) is 0 Å². The highest BCUT2D eigenvalue weighted by molar-refractivity contribution is 5.84. The lowest BCUT2D eigenvalue weighted by Crippen LogP contribution is -2.54. The Labute approximate surface area is 125 Å². The predicted octanol–water partition coefficient (Wildman–Crippen LogP) is 1.57. The maximum absolute atomic E-state index is 12.5. The summed E-state index contributed by atoms with van der Waals surface area (Å²) < 4.78 is 4.85. The fraction of sp³-hybridized carbons (Fsp3) is 0.786. The molecule has 0 aliphatic heterocycles. The summed E-state index contributed by atoms with van der Waals surface area (Å²) in [7, 11) is 0. The molecule has 0 heterocycles. The number of carboxylic acids is 1. The van der Waals surface area contributed by atoms with Crippen molar-refractivity contribution in [3.63, 3.8) is 0 Å². The number of hydrogen-bond acceptors (Lipinski definition) is 4. The summed E-state index contributed by atoms with van der Waals surface area (Å²) in [5, 5.41) is 8.97. The standard InChI is InChI=1S/C14H26N2O5/c1-6-8-15(10-12(19)21-7-2)13(20)16(9-11(17)18)14(3,4)5/h6-10H2,1-5H3,(H,17,18). The molecule has 7 heteroatoms. The van der Waals surface area contributed by atoms with Crippen molar-refractivity contribution in [2.24, 2.45) is 0 Å². The zero-order chi connectivity index (χ0) is 16.6. The van der Waals surface area contributed by atoms with Gasteiger partial charge in [-0.3, -0.25) is 9.59 Å². The van der Waals surface area contributed by atoms with Gasteiger partial charge in [0.05, 0.1) is 6.61 Å². The van der Waals surface area contributed by atoms with Crippen LogP contribution in [0.4, 0.5) is 4.79 Å². The monoisotopic (exact) mass is 302 g/mol. The number of carbonyl (C=O) groups is 3. The van der Waals surface area contributed by atoms with Gasteiger partial charge >= 0.3 is 18.0 Å². The minimum atomic E-state index is -1.09. The van der Waals surface area contributed by atoms with Gasteiger partial charge in [0.1, 0.15) is 13.1 Å². The number of urea groups is 1. The van der Waals surface area contributed by atoms with Crippen LogP contribution in [0, 0.1) is 0 Å². The van der Waals surface area contributed by atoms with E-state index < -0.39 is 30.1 Å². The Morgan fingerprint density at radius 2 is 1.67 bits per heavy atom. The largest absolute Gasteiger partial charge is 0.480 e. The molecule has 0 fully saturated rings. The van der Waals surface area contributed by atoms with Crippen molar-refractivity contribution in [3.05, 3.63) is 0 Å². The van der Waals surface area contributed by atoms with Gasteiger partial charge in [0.25, 0.3) is 0 Å². The van der Waals surface area contributed by atoms with E-state index in [2.05, 4.69) is 0 Å². The van der Waals surface area contributed by atoms with Gasteiger partial charge in [-0.25, -0.2) is 4.79 Å². The molecule has 0 aromatic carbocycles. The highest BCUT2D eigenvalue weighted by Gasteiger charge is 2.32. The minimum absolute atomic E-state index is 0.174. The maximum atomic E-state index is 12.5. The van der Waals surface area contributed by atoms with Crippen LogP contribution in [0.3, 0.4) is 0 Å². The molecule has 0 unspecified atom stereocenters. The lowest BCUT2D eigenvalue weighted by Gasteiger charge is -2.38. The lowest BCUT2D eigenvalue weighted by atomic mass is 10.1. The first-order chi connectivity index (χ1) is 9.63. The van der Waals surface area contributed by atoms with Crippen molar-refractivity contribution < 1.29 is 24.2 Å². The van der Waals surface area contributed by atoms with Gasteiger partial charge in [0, 0.05) is 12.1 Å². The molecule has 0 radical (unpaired) electrons. The van der Waals surface area contributed by atoms with Crippen LogP contribution in [-0.4, -0.2) is 64.7 Å². The fourth-order valence-corrected chi connectivity index (χ4v) is 1.77. The third-order valence-corrected chi connectivity index (χ3v) is 2.72. The molecule has 0 aliphatic rings. The molecule has 0 bridgehead atoms. The summed E-state index contributed by atoms with van der Waals surface area (Å²) in [5.74, 6) is -1.59. The average molecular weight is 302 g/mol. The second-order valence-electron chi connectivity index (χ2n) is 5.66. The smallest absolute Gasteiger partial charge is 0.325 e. The average Bonchev–Trinajstić information content (AvgIpc) is 2.33. The van der Waals surface area contributed by atoms with Crippen LogP contribution in [0.5, 0.6) is 0 Å². The normalized spacial score (nSPS) is 10.9. The van der Waals surface area contributed by atoms with Gasteiger partial charge in [-0.1, -0.05) is 6.92 Å². The number of carbonyl (C=O) groups excluding carboxylic acids is 2. The first kappa shape index (κ1) is 19.2. The van der Waals surface area contributed by atoms with Crippen molar-refractivity contribution in [2.75, 3.05) is 26.2 Å². The molecule has 0 aromatic heterocycles. The van der Waals surface area contributed by atoms with Gasteiger partial charge in [0.2, 0.25) is 0 Å². The van der Waals surface area contributed by atoms with E-state index in [1.165, 1.54) is 9.80 Å². The Balaban J connectivity index is 5.11. The molecule has 1 N–H and O–H groups in total. The second-order valence-corrected chi connectivity index (χ2v) is 5.66. The van der Waals surface area contributed by atoms with Crippen molar-refractivity contribution in [2.45, 2.75) is 46.6 Å². The number of amides is 2. The van der Waals surface area contributed by atoms with E-state index in [4.69, 9.17) is 9.84 Å². The minimum Gasteiger partial charge on any atom is -0.480 e. The highest BCUT2D eigenvalue weighted by atomic mass is 16.5. The van der Waals surface area contributed by atoms with Crippen molar-refractivity contribution in [1.82, 2.24) is 9.80 Å². The van der Waals surface area contributed by atoms with Crippen LogP contribution >= 0.6 is 0 Å². The number of ether oxygens (including phenoxy) is 1. The first-order valence-corrected chi connectivity index (χ1v) is 7.07. The van der Waals surface area contributed by atoms with E-state index in [1.54, 1.807) is 27.7 Å². The molecule has 0 aromatic rings. The Hall–Kier alpha value is -1.79. The van der Waals surface area contributed by atoms with Gasteiger partial charge < -0.3 is 19.6 Å². The first-order valence-electron chi connectivity index (χ1n) is 7.07. The molecular weight excluding hydrogens is 276 g/mol. The van der Waals surface area contributed by atoms with E-state index in [9.17, 15) is 14.4 Å². The molecule has 0 spiro atoms. The molecule has 0 saturated carbocycles. The van der Waals surface area contributed by atoms with E-state index >= 15 is 0 Å². The summed E-state index contributed by atoms with van der Waals surface area (Å²) in [6.45, 7) is 8.85. The van der Waals surface area contributed by atoms with Crippen LogP contribution in [0.2, 0.25) is 0 Å². The molecule has 0 saturated heterocycles. The number of hydrogen-bond donors (Lipinski definition) is 1. The van der Waals surface area contributed by atoms with Crippen LogP contribution in [0.1, 0.15) is 41.0 Å². The topological polar surface area (TPSA) is 87.2 Å². The molecule has 0 rings (SSSR count). The summed E-state index contributed by atoms with van der Waals surface area (Å²) in [6, 6.07) is -0.472. The molecule has 0 atom stereocenters. The Bertz CT molecular complexity index is 376. The number of nitrogens with zero attached hydrogens (tertiary/aromatic N) is 2.